The first-order valence-electron chi connectivity index (χ1n) is 5.61. The van der Waals surface area contributed by atoms with Crippen LogP contribution in [-0.4, -0.2) is 34.3 Å². The summed E-state index contributed by atoms with van der Waals surface area (Å²) in [6.07, 6.45) is 7.89. The maximum atomic E-state index is 6.13. The molecule has 1 aliphatic rings. The van der Waals surface area contributed by atoms with Crippen molar-refractivity contribution >= 4 is 0 Å². The van der Waals surface area contributed by atoms with Crippen LogP contribution in [0.15, 0.2) is 12.4 Å². The molecule has 1 aromatic rings. The van der Waals surface area contributed by atoms with E-state index in [2.05, 4.69) is 17.0 Å². The van der Waals surface area contributed by atoms with E-state index in [-0.39, 0.29) is 6.04 Å². The average molecular weight is 208 g/mol. The van der Waals surface area contributed by atoms with Gasteiger partial charge in [-0.3, -0.25) is 4.68 Å². The lowest BCUT2D eigenvalue weighted by Gasteiger charge is -2.35. The van der Waals surface area contributed by atoms with Crippen LogP contribution < -0.4 is 5.73 Å². The minimum Gasteiger partial charge on any atom is -0.323 e. The molecule has 1 aliphatic carbocycles. The first-order valence-corrected chi connectivity index (χ1v) is 5.61. The molecular weight excluding hydrogens is 188 g/mol. The normalized spacial score (nSPS) is 19.2. The second kappa shape index (κ2) is 4.33. The summed E-state index contributed by atoms with van der Waals surface area (Å²) in [5.41, 5.74) is 7.26. The molecule has 2 rings (SSSR count). The van der Waals surface area contributed by atoms with Gasteiger partial charge in [-0.1, -0.05) is 6.42 Å². The highest BCUT2D eigenvalue weighted by Gasteiger charge is 2.23. The molecule has 1 heterocycles. The van der Waals surface area contributed by atoms with E-state index in [1.165, 1.54) is 19.3 Å². The van der Waals surface area contributed by atoms with Crippen LogP contribution in [-0.2, 0) is 7.05 Å². The fourth-order valence-corrected chi connectivity index (χ4v) is 2.02. The molecule has 1 fully saturated rings. The van der Waals surface area contributed by atoms with E-state index in [0.29, 0.717) is 0 Å². The summed E-state index contributed by atoms with van der Waals surface area (Å²) in [6, 6.07) is 0.844. The number of aromatic nitrogens is 2. The van der Waals surface area contributed by atoms with Gasteiger partial charge in [0.1, 0.15) is 0 Å². The van der Waals surface area contributed by atoms with E-state index < -0.39 is 0 Å². The minimum absolute atomic E-state index is 0.0873. The van der Waals surface area contributed by atoms with Crippen LogP contribution in [0.2, 0.25) is 0 Å². The lowest BCUT2D eigenvalue weighted by Crippen LogP contribution is -2.41. The second-order valence-electron chi connectivity index (χ2n) is 4.58. The summed E-state index contributed by atoms with van der Waals surface area (Å²) in [4.78, 5) is 2.38. The summed E-state index contributed by atoms with van der Waals surface area (Å²) in [5.74, 6) is 0. The Balaban J connectivity index is 1.88. The van der Waals surface area contributed by atoms with Crippen LogP contribution >= 0.6 is 0 Å². The van der Waals surface area contributed by atoms with E-state index in [1.54, 1.807) is 4.68 Å². The van der Waals surface area contributed by atoms with Crippen molar-refractivity contribution in [2.24, 2.45) is 12.8 Å². The van der Waals surface area contributed by atoms with Gasteiger partial charge in [0.05, 0.1) is 6.20 Å². The fourth-order valence-electron chi connectivity index (χ4n) is 2.02. The third kappa shape index (κ3) is 2.38. The van der Waals surface area contributed by atoms with E-state index >= 15 is 0 Å². The average Bonchev–Trinajstić information content (AvgIpc) is 2.48. The first kappa shape index (κ1) is 10.6. The number of rotatable bonds is 4. The summed E-state index contributed by atoms with van der Waals surface area (Å²) in [6.45, 7) is 0.927. The Morgan fingerprint density at radius 1 is 1.67 bits per heavy atom. The highest BCUT2D eigenvalue weighted by atomic mass is 15.2. The molecule has 0 saturated heterocycles. The van der Waals surface area contributed by atoms with Crippen molar-refractivity contribution in [3.8, 4) is 0 Å². The monoisotopic (exact) mass is 208 g/mol. The van der Waals surface area contributed by atoms with Gasteiger partial charge in [-0.2, -0.15) is 5.10 Å². The third-order valence-corrected chi connectivity index (χ3v) is 3.34. The van der Waals surface area contributed by atoms with Crippen LogP contribution in [0.1, 0.15) is 30.9 Å². The molecule has 0 aromatic carbocycles. The molecule has 84 valence electrons. The SMILES string of the molecule is CN(CC(N)c1cnn(C)c1)C1CCC1. The topological polar surface area (TPSA) is 47.1 Å². The Kier molecular flexibility index (Phi) is 3.07. The van der Waals surface area contributed by atoms with Crippen molar-refractivity contribution in [1.29, 1.82) is 0 Å². The van der Waals surface area contributed by atoms with E-state index in [0.717, 1.165) is 18.2 Å². The molecule has 0 bridgehead atoms. The number of nitrogens with two attached hydrogens (primary N) is 1. The van der Waals surface area contributed by atoms with E-state index in [4.69, 9.17) is 5.73 Å². The Labute approximate surface area is 91.1 Å². The summed E-state index contributed by atoms with van der Waals surface area (Å²) in [5, 5.41) is 4.14. The lowest BCUT2D eigenvalue weighted by molar-refractivity contribution is 0.152. The molecule has 4 nitrogen and oxygen atoms in total. The summed E-state index contributed by atoms with van der Waals surface area (Å²) in [7, 11) is 4.09. The van der Waals surface area contributed by atoms with Gasteiger partial charge >= 0.3 is 0 Å². The van der Waals surface area contributed by atoms with Gasteiger partial charge < -0.3 is 10.6 Å². The van der Waals surface area contributed by atoms with Crippen molar-refractivity contribution in [3.05, 3.63) is 18.0 Å². The van der Waals surface area contributed by atoms with Gasteiger partial charge in [-0.25, -0.2) is 0 Å². The van der Waals surface area contributed by atoms with Gasteiger partial charge in [0.25, 0.3) is 0 Å². The van der Waals surface area contributed by atoms with Crippen LogP contribution in [0, 0.1) is 0 Å². The van der Waals surface area contributed by atoms with Gasteiger partial charge in [0.15, 0.2) is 0 Å². The van der Waals surface area contributed by atoms with Crippen molar-refractivity contribution < 1.29 is 0 Å². The predicted molar refractivity (Wildman–Crippen MR) is 60.4 cm³/mol. The predicted octanol–water partition coefficient (Wildman–Crippen LogP) is 0.904. The van der Waals surface area contributed by atoms with E-state index in [1.807, 2.05) is 19.4 Å². The molecule has 2 N–H and O–H groups in total. The zero-order chi connectivity index (χ0) is 10.8. The zero-order valence-electron chi connectivity index (χ0n) is 9.56. The highest BCUT2D eigenvalue weighted by molar-refractivity contribution is 5.10. The van der Waals surface area contributed by atoms with Crippen LogP contribution in [0.25, 0.3) is 0 Å². The zero-order valence-corrected chi connectivity index (χ0v) is 9.56. The maximum absolute atomic E-state index is 6.13. The third-order valence-electron chi connectivity index (χ3n) is 3.34. The Hall–Kier alpha value is -0.870. The molecule has 1 saturated carbocycles. The minimum atomic E-state index is 0.0873. The standard InChI is InChI=1S/C11H20N4/c1-14(10-4-3-5-10)8-11(12)9-6-13-15(2)7-9/h6-7,10-11H,3-5,8,12H2,1-2H3. The smallest absolute Gasteiger partial charge is 0.0537 e. The molecule has 0 aliphatic heterocycles. The van der Waals surface area contributed by atoms with Gasteiger partial charge in [0.2, 0.25) is 0 Å². The van der Waals surface area contributed by atoms with E-state index in [9.17, 15) is 0 Å². The largest absolute Gasteiger partial charge is 0.323 e. The van der Waals surface area contributed by atoms with Gasteiger partial charge in [-0.15, -0.1) is 0 Å². The lowest BCUT2D eigenvalue weighted by atomic mass is 9.91. The number of hydrogen-bond donors (Lipinski definition) is 1. The highest BCUT2D eigenvalue weighted by Crippen LogP contribution is 2.24. The van der Waals surface area contributed by atoms with Crippen molar-refractivity contribution in [2.45, 2.75) is 31.3 Å². The van der Waals surface area contributed by atoms with Crippen molar-refractivity contribution in [3.63, 3.8) is 0 Å². The first-order chi connectivity index (χ1) is 7.16. The molecule has 0 spiro atoms. The molecule has 1 aromatic heterocycles. The molecule has 4 heteroatoms. The number of hydrogen-bond acceptors (Lipinski definition) is 3. The Morgan fingerprint density at radius 3 is 2.87 bits per heavy atom. The summed E-state index contributed by atoms with van der Waals surface area (Å²) < 4.78 is 1.80. The molecular formula is C11H20N4. The number of likely N-dealkylation sites (N-methyl/N-ethyl adjacent to an activating group) is 1. The fraction of sp³-hybridized carbons (Fsp3) is 0.727. The molecule has 1 unspecified atom stereocenters. The summed E-state index contributed by atoms with van der Waals surface area (Å²) >= 11 is 0. The van der Waals surface area contributed by atoms with Crippen LogP contribution in [0.3, 0.4) is 0 Å². The quantitative estimate of drug-likeness (QED) is 0.800. The van der Waals surface area contributed by atoms with Crippen LogP contribution in [0.4, 0.5) is 0 Å². The Bertz CT molecular complexity index is 316. The van der Waals surface area contributed by atoms with Crippen LogP contribution in [0.5, 0.6) is 0 Å². The molecule has 0 amide bonds. The molecule has 0 radical (unpaired) electrons. The maximum Gasteiger partial charge on any atom is 0.0537 e. The van der Waals surface area contributed by atoms with Crippen molar-refractivity contribution in [1.82, 2.24) is 14.7 Å². The van der Waals surface area contributed by atoms with Gasteiger partial charge in [-0.05, 0) is 19.9 Å². The van der Waals surface area contributed by atoms with Gasteiger partial charge in [0, 0.05) is 37.4 Å². The number of nitrogens with zero attached hydrogens (tertiary/aromatic N) is 3. The Morgan fingerprint density at radius 2 is 2.40 bits per heavy atom. The van der Waals surface area contributed by atoms with Crippen molar-refractivity contribution in [2.75, 3.05) is 13.6 Å². The molecule has 1 atom stereocenters. The second-order valence-corrected chi connectivity index (χ2v) is 4.58. The number of aryl methyl sites for hydroxylation is 1. The molecule has 15 heavy (non-hydrogen) atoms.